The molecule has 0 aliphatic rings. The first-order valence-corrected chi connectivity index (χ1v) is 8.01. The van der Waals surface area contributed by atoms with Gasteiger partial charge in [0.2, 0.25) is 0 Å². The summed E-state index contributed by atoms with van der Waals surface area (Å²) in [5.74, 6) is 1.35. The highest BCUT2D eigenvalue weighted by atomic mass is 32.2. The van der Waals surface area contributed by atoms with Crippen molar-refractivity contribution in [2.45, 2.75) is 13.8 Å². The van der Waals surface area contributed by atoms with Gasteiger partial charge in [0.1, 0.15) is 5.76 Å². The van der Waals surface area contributed by atoms with Crippen LogP contribution in [0.3, 0.4) is 0 Å². The minimum atomic E-state index is 0.638. The van der Waals surface area contributed by atoms with Gasteiger partial charge in [-0.1, -0.05) is 18.7 Å². The van der Waals surface area contributed by atoms with Gasteiger partial charge in [-0.25, -0.2) is 4.99 Å². The molecule has 1 rings (SSSR count). The normalized spacial score (nSPS) is 12.5. The van der Waals surface area contributed by atoms with E-state index < -0.39 is 0 Å². The van der Waals surface area contributed by atoms with E-state index in [0.717, 1.165) is 22.6 Å². The molecule has 1 aromatic carbocycles. The molecule has 0 fully saturated rings. The number of ether oxygens (including phenoxy) is 1. The second-order valence-corrected chi connectivity index (χ2v) is 5.23. The molecule has 0 saturated heterocycles. The predicted octanol–water partition coefficient (Wildman–Crippen LogP) is 4.65. The highest BCUT2D eigenvalue weighted by molar-refractivity contribution is 8.12. The number of aliphatic imine (C=N–C) groups is 2. The molecular weight excluding hydrogens is 294 g/mol. The van der Waals surface area contributed by atoms with Gasteiger partial charge < -0.3 is 10.1 Å². The van der Waals surface area contributed by atoms with E-state index >= 15 is 0 Å². The number of methoxy groups -OCH3 is 1. The molecule has 5 heteroatoms. The van der Waals surface area contributed by atoms with Gasteiger partial charge in [0.15, 0.2) is 0 Å². The zero-order valence-electron chi connectivity index (χ0n) is 13.6. The summed E-state index contributed by atoms with van der Waals surface area (Å²) in [6.07, 6.45) is 1.77. The summed E-state index contributed by atoms with van der Waals surface area (Å²) in [5.41, 5.74) is 5.65. The maximum absolute atomic E-state index is 5.17. The standard InChI is InChI=1S/C17H23N3OS/c1-6-19-17(13(2)14(3)21-5)11-22-12-20-16-10-8-7-9-15(16)18-4/h6-10,12,18H,3,11H2,1-2,4-5H3/b17-13-,19-6?,20-12?. The van der Waals surface area contributed by atoms with E-state index in [1.807, 2.05) is 50.7 Å². The number of thioether (sulfide) groups is 1. The highest BCUT2D eigenvalue weighted by Crippen LogP contribution is 2.24. The summed E-state index contributed by atoms with van der Waals surface area (Å²) in [5, 5.41) is 3.12. The number of nitrogens with one attached hydrogen (secondary N) is 1. The van der Waals surface area contributed by atoms with Gasteiger partial charge in [-0.15, -0.1) is 11.8 Å². The van der Waals surface area contributed by atoms with Crippen LogP contribution in [0.15, 0.2) is 57.9 Å². The lowest BCUT2D eigenvalue weighted by molar-refractivity contribution is 0.302. The van der Waals surface area contributed by atoms with Crippen molar-refractivity contribution < 1.29 is 4.74 Å². The summed E-state index contributed by atoms with van der Waals surface area (Å²) in [6.45, 7) is 7.72. The van der Waals surface area contributed by atoms with E-state index in [1.165, 1.54) is 0 Å². The van der Waals surface area contributed by atoms with Crippen LogP contribution in [0.25, 0.3) is 0 Å². The molecule has 4 nitrogen and oxygen atoms in total. The first kappa shape index (κ1) is 18.0. The van der Waals surface area contributed by atoms with Gasteiger partial charge in [0.05, 0.1) is 29.7 Å². The third-order valence-corrected chi connectivity index (χ3v) is 3.74. The van der Waals surface area contributed by atoms with Gasteiger partial charge >= 0.3 is 0 Å². The Morgan fingerprint density at radius 1 is 1.41 bits per heavy atom. The van der Waals surface area contributed by atoms with Crippen LogP contribution in [-0.4, -0.2) is 31.7 Å². The molecule has 0 amide bonds. The van der Waals surface area contributed by atoms with Crippen molar-refractivity contribution in [2.24, 2.45) is 9.98 Å². The lowest BCUT2D eigenvalue weighted by Crippen LogP contribution is -1.95. The first-order chi connectivity index (χ1) is 10.6. The molecule has 0 saturated carbocycles. The largest absolute Gasteiger partial charge is 0.497 e. The van der Waals surface area contributed by atoms with Crippen LogP contribution < -0.4 is 5.32 Å². The van der Waals surface area contributed by atoms with Crippen molar-refractivity contribution in [1.29, 1.82) is 0 Å². The van der Waals surface area contributed by atoms with E-state index in [2.05, 4.69) is 21.9 Å². The van der Waals surface area contributed by atoms with Crippen LogP contribution in [0.4, 0.5) is 11.4 Å². The molecule has 0 spiro atoms. The SMILES string of the molecule is C=C(OC)/C(C)=C(/CSC=Nc1ccccc1NC)N=CC. The summed E-state index contributed by atoms with van der Waals surface area (Å²) in [6, 6.07) is 7.92. The van der Waals surface area contributed by atoms with Crippen molar-refractivity contribution in [2.75, 3.05) is 25.2 Å². The van der Waals surface area contributed by atoms with E-state index in [4.69, 9.17) is 4.74 Å². The Morgan fingerprint density at radius 2 is 2.14 bits per heavy atom. The van der Waals surface area contributed by atoms with E-state index in [-0.39, 0.29) is 0 Å². The fraction of sp³-hybridized carbons (Fsp3) is 0.294. The van der Waals surface area contributed by atoms with Crippen molar-refractivity contribution in [3.8, 4) is 0 Å². The molecule has 0 aromatic heterocycles. The molecule has 1 N–H and O–H groups in total. The maximum atomic E-state index is 5.17. The molecule has 22 heavy (non-hydrogen) atoms. The van der Waals surface area contributed by atoms with Crippen molar-refractivity contribution in [3.05, 3.63) is 47.9 Å². The smallest absolute Gasteiger partial charge is 0.116 e. The third-order valence-electron chi connectivity index (χ3n) is 3.04. The minimum absolute atomic E-state index is 0.638. The Hall–Kier alpha value is -2.01. The lowest BCUT2D eigenvalue weighted by atomic mass is 10.2. The Labute approximate surface area is 137 Å². The van der Waals surface area contributed by atoms with Crippen molar-refractivity contribution in [1.82, 2.24) is 0 Å². The average Bonchev–Trinajstić information content (AvgIpc) is 2.56. The van der Waals surface area contributed by atoms with E-state index in [0.29, 0.717) is 11.5 Å². The zero-order chi connectivity index (χ0) is 16.4. The van der Waals surface area contributed by atoms with Crippen LogP contribution in [-0.2, 0) is 4.74 Å². The van der Waals surface area contributed by atoms with Crippen LogP contribution in [0.5, 0.6) is 0 Å². The van der Waals surface area contributed by atoms with Gasteiger partial charge in [-0.2, -0.15) is 0 Å². The molecule has 0 radical (unpaired) electrons. The number of hydrogen-bond donors (Lipinski definition) is 1. The first-order valence-electron chi connectivity index (χ1n) is 6.96. The van der Waals surface area contributed by atoms with E-state index in [9.17, 15) is 0 Å². The predicted molar refractivity (Wildman–Crippen MR) is 99.6 cm³/mol. The molecule has 0 aliphatic heterocycles. The molecular formula is C17H23N3OS. The monoisotopic (exact) mass is 317 g/mol. The number of nitrogens with zero attached hydrogens (tertiary/aromatic N) is 2. The highest BCUT2D eigenvalue weighted by Gasteiger charge is 2.05. The number of para-hydroxylation sites is 2. The Bertz CT molecular complexity index is 591. The summed E-state index contributed by atoms with van der Waals surface area (Å²) < 4.78 is 5.17. The Morgan fingerprint density at radius 3 is 2.77 bits per heavy atom. The molecule has 0 unspecified atom stereocenters. The second kappa shape index (κ2) is 9.84. The summed E-state index contributed by atoms with van der Waals surface area (Å²) in [4.78, 5) is 8.87. The quantitative estimate of drug-likeness (QED) is 0.329. The number of hydrogen-bond acceptors (Lipinski definition) is 5. The number of rotatable bonds is 8. The van der Waals surface area contributed by atoms with Gasteiger partial charge in [0.25, 0.3) is 0 Å². The number of benzene rings is 1. The van der Waals surface area contributed by atoms with Crippen LogP contribution in [0.1, 0.15) is 13.8 Å². The molecule has 0 bridgehead atoms. The Balaban J connectivity index is 2.75. The fourth-order valence-electron chi connectivity index (χ4n) is 1.72. The molecule has 0 atom stereocenters. The van der Waals surface area contributed by atoms with E-state index in [1.54, 1.807) is 25.1 Å². The zero-order valence-corrected chi connectivity index (χ0v) is 14.4. The lowest BCUT2D eigenvalue weighted by Gasteiger charge is -2.08. The fourth-order valence-corrected chi connectivity index (χ4v) is 2.43. The topological polar surface area (TPSA) is 46.0 Å². The average molecular weight is 317 g/mol. The second-order valence-electron chi connectivity index (χ2n) is 4.40. The molecule has 0 heterocycles. The number of allylic oxidation sites excluding steroid dienone is 1. The van der Waals surface area contributed by atoms with Crippen molar-refractivity contribution in [3.63, 3.8) is 0 Å². The summed E-state index contributed by atoms with van der Waals surface area (Å²) >= 11 is 1.58. The maximum Gasteiger partial charge on any atom is 0.116 e. The molecule has 118 valence electrons. The van der Waals surface area contributed by atoms with Crippen LogP contribution in [0, 0.1) is 0 Å². The van der Waals surface area contributed by atoms with Gasteiger partial charge in [-0.05, 0) is 26.0 Å². The molecule has 0 aliphatic carbocycles. The van der Waals surface area contributed by atoms with Crippen LogP contribution >= 0.6 is 11.8 Å². The van der Waals surface area contributed by atoms with Gasteiger partial charge in [0, 0.05) is 24.6 Å². The minimum Gasteiger partial charge on any atom is -0.497 e. The summed E-state index contributed by atoms with van der Waals surface area (Å²) in [7, 11) is 3.50. The third kappa shape index (κ3) is 5.41. The Kier molecular flexibility index (Phi) is 8.07. The van der Waals surface area contributed by atoms with Crippen molar-refractivity contribution >= 4 is 34.9 Å². The number of anilines is 1. The molecule has 1 aromatic rings. The van der Waals surface area contributed by atoms with Gasteiger partial charge in [-0.3, -0.25) is 4.99 Å². The van der Waals surface area contributed by atoms with Crippen LogP contribution in [0.2, 0.25) is 0 Å².